The van der Waals surface area contributed by atoms with E-state index in [2.05, 4.69) is 15.0 Å². The first-order valence-electron chi connectivity index (χ1n) is 6.16. The maximum atomic E-state index is 6.57. The Hall–Kier alpha value is -2.33. The average Bonchev–Trinajstić information content (AvgIpc) is 2.49. The number of pyridine rings is 2. The molecule has 1 unspecified atom stereocenters. The molecule has 0 radical (unpaired) electrons. The zero-order chi connectivity index (χ0) is 13.1. The minimum Gasteiger partial charge on any atom is -0.315 e. The maximum absolute atomic E-state index is 6.57. The van der Waals surface area contributed by atoms with Gasteiger partial charge in [0, 0.05) is 18.6 Å². The van der Waals surface area contributed by atoms with Gasteiger partial charge in [-0.15, -0.1) is 0 Å². The van der Waals surface area contributed by atoms with Crippen molar-refractivity contribution in [3.63, 3.8) is 0 Å². The molecule has 1 aliphatic heterocycles. The number of nitrogens with zero attached hydrogens (tertiary/aromatic N) is 3. The van der Waals surface area contributed by atoms with E-state index in [9.17, 15) is 0 Å². The van der Waals surface area contributed by atoms with Crippen LogP contribution in [-0.2, 0) is 5.54 Å². The lowest BCUT2D eigenvalue weighted by atomic mass is 9.83. The Morgan fingerprint density at radius 2 is 1.79 bits per heavy atom. The van der Waals surface area contributed by atoms with Gasteiger partial charge in [-0.2, -0.15) is 0 Å². The van der Waals surface area contributed by atoms with Crippen molar-refractivity contribution in [3.05, 3.63) is 72.5 Å². The molecule has 3 heterocycles. The minimum absolute atomic E-state index is 0.666. The van der Waals surface area contributed by atoms with Crippen LogP contribution in [0.3, 0.4) is 0 Å². The molecule has 19 heavy (non-hydrogen) atoms. The molecule has 4 heteroatoms. The molecular formula is C15H14N4. The first-order chi connectivity index (χ1) is 9.31. The van der Waals surface area contributed by atoms with Gasteiger partial charge < -0.3 is 5.73 Å². The van der Waals surface area contributed by atoms with Crippen molar-refractivity contribution >= 4 is 5.71 Å². The predicted molar refractivity (Wildman–Crippen MR) is 74.6 cm³/mol. The van der Waals surface area contributed by atoms with E-state index in [1.165, 1.54) is 0 Å². The van der Waals surface area contributed by atoms with Gasteiger partial charge in [-0.3, -0.25) is 15.0 Å². The molecule has 0 amide bonds. The van der Waals surface area contributed by atoms with Gasteiger partial charge in [0.25, 0.3) is 0 Å². The molecule has 0 saturated heterocycles. The van der Waals surface area contributed by atoms with Gasteiger partial charge in [-0.25, -0.2) is 0 Å². The molecule has 1 aliphatic rings. The lowest BCUT2D eigenvalue weighted by Crippen LogP contribution is -2.47. The Labute approximate surface area is 111 Å². The molecule has 0 bridgehead atoms. The molecule has 3 rings (SSSR count). The summed E-state index contributed by atoms with van der Waals surface area (Å²) in [6.07, 6.45) is 7.89. The number of aliphatic imine (C=N–C) groups is 1. The van der Waals surface area contributed by atoms with Gasteiger partial charge in [0.2, 0.25) is 0 Å². The molecule has 0 aromatic carbocycles. The fourth-order valence-corrected chi connectivity index (χ4v) is 2.23. The van der Waals surface area contributed by atoms with Gasteiger partial charge in [0.1, 0.15) is 5.54 Å². The lowest BCUT2D eigenvalue weighted by molar-refractivity contribution is 0.584. The van der Waals surface area contributed by atoms with Crippen molar-refractivity contribution in [2.75, 3.05) is 0 Å². The van der Waals surface area contributed by atoms with E-state index in [1.807, 2.05) is 42.5 Å². The normalized spacial score (nSPS) is 22.1. The summed E-state index contributed by atoms with van der Waals surface area (Å²) in [5.41, 5.74) is 8.21. The standard InChI is InChI=1S/C15H14N4/c16-15(13-7-2-4-10-18-13)8-5-11-19-14(15)12-6-1-3-9-17-12/h1-7,9-11H,8,16H2. The molecule has 0 fully saturated rings. The van der Waals surface area contributed by atoms with E-state index in [-0.39, 0.29) is 0 Å². The van der Waals surface area contributed by atoms with E-state index >= 15 is 0 Å². The number of aromatic nitrogens is 2. The largest absolute Gasteiger partial charge is 0.315 e. The Morgan fingerprint density at radius 1 is 1.00 bits per heavy atom. The van der Waals surface area contributed by atoms with Gasteiger partial charge in [0.05, 0.1) is 17.1 Å². The third-order valence-corrected chi connectivity index (χ3v) is 3.20. The monoisotopic (exact) mass is 250 g/mol. The Morgan fingerprint density at radius 3 is 2.47 bits per heavy atom. The van der Waals surface area contributed by atoms with Crippen molar-refractivity contribution in [1.82, 2.24) is 9.97 Å². The summed E-state index contributed by atoms with van der Waals surface area (Å²) in [6, 6.07) is 11.5. The zero-order valence-corrected chi connectivity index (χ0v) is 10.4. The predicted octanol–water partition coefficient (Wildman–Crippen LogP) is 2.04. The van der Waals surface area contributed by atoms with Gasteiger partial charge >= 0.3 is 0 Å². The fraction of sp³-hybridized carbons (Fsp3) is 0.133. The fourth-order valence-electron chi connectivity index (χ4n) is 2.23. The third kappa shape index (κ3) is 2.06. The quantitative estimate of drug-likeness (QED) is 0.887. The lowest BCUT2D eigenvalue weighted by Gasteiger charge is -2.30. The second kappa shape index (κ2) is 4.74. The molecule has 2 aromatic heterocycles. The zero-order valence-electron chi connectivity index (χ0n) is 10.4. The summed E-state index contributed by atoms with van der Waals surface area (Å²) in [4.78, 5) is 13.2. The van der Waals surface area contributed by atoms with Crippen LogP contribution in [0.2, 0.25) is 0 Å². The van der Waals surface area contributed by atoms with Crippen LogP contribution in [0.15, 0.2) is 66.1 Å². The van der Waals surface area contributed by atoms with Gasteiger partial charge in [0.15, 0.2) is 0 Å². The van der Waals surface area contributed by atoms with Gasteiger partial charge in [-0.1, -0.05) is 18.2 Å². The van der Waals surface area contributed by atoms with Crippen LogP contribution in [-0.4, -0.2) is 15.7 Å². The van der Waals surface area contributed by atoms with Crippen LogP contribution in [0, 0.1) is 0 Å². The van der Waals surface area contributed by atoms with Crippen LogP contribution >= 0.6 is 0 Å². The highest BCUT2D eigenvalue weighted by atomic mass is 14.9. The Balaban J connectivity index is 2.11. The maximum Gasteiger partial charge on any atom is 0.107 e. The summed E-state index contributed by atoms with van der Waals surface area (Å²) in [7, 11) is 0. The molecule has 2 N–H and O–H groups in total. The van der Waals surface area contributed by atoms with Crippen molar-refractivity contribution in [2.24, 2.45) is 10.7 Å². The molecule has 0 saturated carbocycles. The van der Waals surface area contributed by atoms with Gasteiger partial charge in [-0.05, 0) is 30.7 Å². The van der Waals surface area contributed by atoms with Crippen molar-refractivity contribution in [2.45, 2.75) is 12.0 Å². The molecule has 1 atom stereocenters. The van der Waals surface area contributed by atoms with Crippen molar-refractivity contribution in [1.29, 1.82) is 0 Å². The van der Waals surface area contributed by atoms with E-state index in [0.29, 0.717) is 6.42 Å². The third-order valence-electron chi connectivity index (χ3n) is 3.20. The summed E-state index contributed by atoms with van der Waals surface area (Å²) in [5, 5.41) is 0. The average molecular weight is 250 g/mol. The van der Waals surface area contributed by atoms with E-state index in [1.54, 1.807) is 18.6 Å². The number of hydrogen-bond donors (Lipinski definition) is 1. The van der Waals surface area contributed by atoms with Crippen LogP contribution in [0.1, 0.15) is 17.8 Å². The summed E-state index contributed by atoms with van der Waals surface area (Å²) < 4.78 is 0. The second-order valence-electron chi connectivity index (χ2n) is 4.47. The highest BCUT2D eigenvalue weighted by Crippen LogP contribution is 2.28. The van der Waals surface area contributed by atoms with Crippen molar-refractivity contribution < 1.29 is 0 Å². The molecule has 4 nitrogen and oxygen atoms in total. The van der Waals surface area contributed by atoms with Crippen LogP contribution in [0.25, 0.3) is 0 Å². The molecular weight excluding hydrogens is 236 g/mol. The Bertz CT molecular complexity index is 619. The van der Waals surface area contributed by atoms with Crippen LogP contribution in [0.4, 0.5) is 0 Å². The number of hydrogen-bond acceptors (Lipinski definition) is 4. The van der Waals surface area contributed by atoms with Crippen molar-refractivity contribution in [3.8, 4) is 0 Å². The van der Waals surface area contributed by atoms with E-state index in [0.717, 1.165) is 17.1 Å². The molecule has 2 aromatic rings. The molecule has 0 aliphatic carbocycles. The van der Waals surface area contributed by atoms with E-state index < -0.39 is 5.54 Å². The first kappa shape index (κ1) is 11.7. The minimum atomic E-state index is -0.718. The summed E-state index contributed by atoms with van der Waals surface area (Å²) in [5.74, 6) is 0. The molecule has 94 valence electrons. The first-order valence-corrected chi connectivity index (χ1v) is 6.16. The second-order valence-corrected chi connectivity index (χ2v) is 4.47. The smallest absolute Gasteiger partial charge is 0.107 e. The molecule has 0 spiro atoms. The highest BCUT2D eigenvalue weighted by Gasteiger charge is 2.36. The number of rotatable bonds is 2. The summed E-state index contributed by atoms with van der Waals surface area (Å²) >= 11 is 0. The topological polar surface area (TPSA) is 64.2 Å². The van der Waals surface area contributed by atoms with E-state index in [4.69, 9.17) is 5.73 Å². The highest BCUT2D eigenvalue weighted by molar-refractivity contribution is 6.07. The SMILES string of the molecule is NC1(c2ccccn2)CC=CN=C1c1ccccn1. The Kier molecular flexibility index (Phi) is 2.93. The van der Waals surface area contributed by atoms with Crippen LogP contribution in [0.5, 0.6) is 0 Å². The van der Waals surface area contributed by atoms with Crippen LogP contribution < -0.4 is 5.73 Å². The summed E-state index contributed by atoms with van der Waals surface area (Å²) in [6.45, 7) is 0. The number of nitrogens with two attached hydrogens (primary N) is 1.